The molecule has 0 atom stereocenters. The van der Waals surface area contributed by atoms with Gasteiger partial charge >= 0.3 is 0 Å². The lowest BCUT2D eigenvalue weighted by Crippen LogP contribution is -2.23. The van der Waals surface area contributed by atoms with Crippen LogP contribution in [0.4, 0.5) is 5.69 Å². The summed E-state index contributed by atoms with van der Waals surface area (Å²) in [6.45, 7) is 2.23. The molecular formula is C20H19N3O3S. The average molecular weight is 381 g/mol. The molecule has 0 aliphatic carbocycles. The average Bonchev–Trinajstić information content (AvgIpc) is 2.68. The number of pyridine rings is 1. The fraction of sp³-hybridized carbons (Fsp3) is 0.100. The normalized spacial score (nSPS) is 11.0. The van der Waals surface area contributed by atoms with E-state index in [1.54, 1.807) is 42.7 Å². The van der Waals surface area contributed by atoms with Gasteiger partial charge in [-0.15, -0.1) is 0 Å². The van der Waals surface area contributed by atoms with Crippen LogP contribution < -0.4 is 10.0 Å². The molecule has 3 aromatic rings. The number of hydrogen-bond donors (Lipinski definition) is 2. The molecule has 3 rings (SSSR count). The predicted molar refractivity (Wildman–Crippen MR) is 104 cm³/mol. The highest BCUT2D eigenvalue weighted by Crippen LogP contribution is 2.17. The zero-order valence-corrected chi connectivity index (χ0v) is 15.5. The number of rotatable bonds is 6. The van der Waals surface area contributed by atoms with Crippen LogP contribution in [0.3, 0.4) is 0 Å². The molecule has 7 heteroatoms. The van der Waals surface area contributed by atoms with E-state index < -0.39 is 10.0 Å². The van der Waals surface area contributed by atoms with Gasteiger partial charge in [0, 0.05) is 30.2 Å². The molecule has 0 saturated heterocycles. The number of sulfonamides is 1. The Morgan fingerprint density at radius 2 is 1.81 bits per heavy atom. The first-order chi connectivity index (χ1) is 12.9. The van der Waals surface area contributed by atoms with E-state index in [-0.39, 0.29) is 16.4 Å². The second-order valence-electron chi connectivity index (χ2n) is 6.04. The zero-order chi connectivity index (χ0) is 19.3. The van der Waals surface area contributed by atoms with Crippen LogP contribution >= 0.6 is 0 Å². The van der Waals surface area contributed by atoms with Crippen molar-refractivity contribution in [3.05, 3.63) is 89.7 Å². The third-order valence-corrected chi connectivity index (χ3v) is 5.27. The second kappa shape index (κ2) is 8.01. The number of anilines is 1. The summed E-state index contributed by atoms with van der Waals surface area (Å²) in [7, 11) is -3.79. The molecule has 1 amide bonds. The molecule has 0 aliphatic heterocycles. The van der Waals surface area contributed by atoms with Crippen LogP contribution in [-0.2, 0) is 16.6 Å². The molecule has 0 saturated carbocycles. The van der Waals surface area contributed by atoms with Crippen molar-refractivity contribution in [2.24, 2.45) is 0 Å². The number of aromatic nitrogens is 1. The van der Waals surface area contributed by atoms with Gasteiger partial charge in [-0.1, -0.05) is 29.8 Å². The summed E-state index contributed by atoms with van der Waals surface area (Å²) in [5, 5.41) is 2.76. The highest BCUT2D eigenvalue weighted by atomic mass is 32.2. The number of benzene rings is 2. The molecule has 0 bridgehead atoms. The molecule has 2 aromatic carbocycles. The number of carbonyl (C=O) groups is 1. The summed E-state index contributed by atoms with van der Waals surface area (Å²) in [4.78, 5) is 16.4. The Morgan fingerprint density at radius 3 is 2.52 bits per heavy atom. The van der Waals surface area contributed by atoms with Gasteiger partial charge in [0.05, 0.1) is 4.90 Å². The molecule has 27 heavy (non-hydrogen) atoms. The Labute approximate surface area is 158 Å². The highest BCUT2D eigenvalue weighted by Gasteiger charge is 2.16. The Kier molecular flexibility index (Phi) is 5.52. The number of nitrogens with zero attached hydrogens (tertiary/aromatic N) is 1. The maximum atomic E-state index is 12.6. The highest BCUT2D eigenvalue weighted by molar-refractivity contribution is 7.92. The standard InChI is InChI=1S/C20H19N3O3S/c1-15-7-9-18(10-8-15)23-27(25,26)19-6-2-5-17(12-19)20(24)22-14-16-4-3-11-21-13-16/h2-13,23H,14H2,1H3,(H,22,24). The first kappa shape index (κ1) is 18.6. The number of carbonyl (C=O) groups excluding carboxylic acids is 1. The summed E-state index contributed by atoms with van der Waals surface area (Å²) in [5.41, 5.74) is 2.62. The van der Waals surface area contributed by atoms with Crippen LogP contribution in [0, 0.1) is 6.92 Å². The molecule has 1 aromatic heterocycles. The zero-order valence-electron chi connectivity index (χ0n) is 14.7. The van der Waals surface area contributed by atoms with Crippen molar-refractivity contribution in [2.75, 3.05) is 4.72 Å². The van der Waals surface area contributed by atoms with Gasteiger partial charge in [0.2, 0.25) is 0 Å². The van der Waals surface area contributed by atoms with Crippen LogP contribution in [0.5, 0.6) is 0 Å². The Balaban J connectivity index is 1.73. The summed E-state index contributed by atoms with van der Waals surface area (Å²) < 4.78 is 27.7. The minimum absolute atomic E-state index is 0.0251. The quantitative estimate of drug-likeness (QED) is 0.687. The number of aryl methyl sites for hydroxylation is 1. The van der Waals surface area contributed by atoms with Crippen molar-refractivity contribution < 1.29 is 13.2 Å². The largest absolute Gasteiger partial charge is 0.348 e. The fourth-order valence-electron chi connectivity index (χ4n) is 2.43. The molecule has 138 valence electrons. The lowest BCUT2D eigenvalue weighted by molar-refractivity contribution is 0.0950. The summed E-state index contributed by atoms with van der Waals surface area (Å²) >= 11 is 0. The molecule has 0 fully saturated rings. The van der Waals surface area contributed by atoms with Gasteiger partial charge in [-0.05, 0) is 48.9 Å². The molecule has 0 unspecified atom stereocenters. The topological polar surface area (TPSA) is 88.2 Å². The molecule has 0 spiro atoms. The van der Waals surface area contributed by atoms with E-state index in [9.17, 15) is 13.2 Å². The van der Waals surface area contributed by atoms with E-state index in [1.165, 1.54) is 12.1 Å². The van der Waals surface area contributed by atoms with Gasteiger partial charge in [-0.3, -0.25) is 14.5 Å². The van der Waals surface area contributed by atoms with Crippen LogP contribution in [0.1, 0.15) is 21.5 Å². The first-order valence-corrected chi connectivity index (χ1v) is 9.79. The van der Waals surface area contributed by atoms with E-state index >= 15 is 0 Å². The van der Waals surface area contributed by atoms with Gasteiger partial charge in [-0.2, -0.15) is 0 Å². The molecule has 0 aliphatic rings. The molecule has 2 N–H and O–H groups in total. The van der Waals surface area contributed by atoms with Crippen molar-refractivity contribution in [1.82, 2.24) is 10.3 Å². The first-order valence-electron chi connectivity index (χ1n) is 8.31. The minimum atomic E-state index is -3.79. The van der Waals surface area contributed by atoms with Gasteiger partial charge in [0.1, 0.15) is 0 Å². The number of amides is 1. The molecule has 6 nitrogen and oxygen atoms in total. The van der Waals surface area contributed by atoms with Crippen LogP contribution in [0.15, 0.2) is 78.0 Å². The van der Waals surface area contributed by atoms with E-state index in [0.29, 0.717) is 12.2 Å². The maximum absolute atomic E-state index is 12.6. The van der Waals surface area contributed by atoms with Crippen molar-refractivity contribution in [2.45, 2.75) is 18.4 Å². The van der Waals surface area contributed by atoms with E-state index in [0.717, 1.165) is 11.1 Å². The number of nitrogens with one attached hydrogen (secondary N) is 2. The predicted octanol–water partition coefficient (Wildman–Crippen LogP) is 3.12. The maximum Gasteiger partial charge on any atom is 0.261 e. The van der Waals surface area contributed by atoms with Gasteiger partial charge in [0.25, 0.3) is 15.9 Å². The summed E-state index contributed by atoms with van der Waals surface area (Å²) in [6.07, 6.45) is 3.31. The van der Waals surface area contributed by atoms with E-state index in [2.05, 4.69) is 15.0 Å². The van der Waals surface area contributed by atoms with Gasteiger partial charge < -0.3 is 5.32 Å². The number of hydrogen-bond acceptors (Lipinski definition) is 4. The van der Waals surface area contributed by atoms with Crippen LogP contribution in [-0.4, -0.2) is 19.3 Å². The molecule has 1 heterocycles. The van der Waals surface area contributed by atoms with Crippen molar-refractivity contribution in [3.63, 3.8) is 0 Å². The smallest absolute Gasteiger partial charge is 0.261 e. The van der Waals surface area contributed by atoms with Crippen molar-refractivity contribution in [3.8, 4) is 0 Å². The molecule has 0 radical (unpaired) electrons. The van der Waals surface area contributed by atoms with Crippen LogP contribution in [0.2, 0.25) is 0 Å². The van der Waals surface area contributed by atoms with E-state index in [1.807, 2.05) is 25.1 Å². The van der Waals surface area contributed by atoms with Crippen molar-refractivity contribution >= 4 is 21.6 Å². The van der Waals surface area contributed by atoms with Crippen LogP contribution in [0.25, 0.3) is 0 Å². The third kappa shape index (κ3) is 4.92. The lowest BCUT2D eigenvalue weighted by atomic mass is 10.2. The van der Waals surface area contributed by atoms with Gasteiger partial charge in [-0.25, -0.2) is 8.42 Å². The summed E-state index contributed by atoms with van der Waals surface area (Å²) in [5.74, 6) is -0.355. The fourth-order valence-corrected chi connectivity index (χ4v) is 3.53. The summed E-state index contributed by atoms with van der Waals surface area (Å²) in [6, 6.07) is 16.6. The van der Waals surface area contributed by atoms with E-state index in [4.69, 9.17) is 0 Å². The SMILES string of the molecule is Cc1ccc(NS(=O)(=O)c2cccc(C(=O)NCc3cccnc3)c2)cc1. The Morgan fingerprint density at radius 1 is 1.04 bits per heavy atom. The lowest BCUT2D eigenvalue weighted by Gasteiger charge is -2.10. The Hall–Kier alpha value is -3.19. The Bertz CT molecular complexity index is 1030. The van der Waals surface area contributed by atoms with Crippen molar-refractivity contribution in [1.29, 1.82) is 0 Å². The minimum Gasteiger partial charge on any atom is -0.348 e. The monoisotopic (exact) mass is 381 g/mol. The molecular weight excluding hydrogens is 362 g/mol. The second-order valence-corrected chi connectivity index (χ2v) is 7.73. The third-order valence-electron chi connectivity index (χ3n) is 3.89. The van der Waals surface area contributed by atoms with Gasteiger partial charge in [0.15, 0.2) is 0 Å².